The Bertz CT molecular complexity index is 1980. The lowest BCUT2D eigenvalue weighted by atomic mass is 10.1. The lowest BCUT2D eigenvalue weighted by molar-refractivity contribution is -0.144. The second kappa shape index (κ2) is 14.6. The van der Waals surface area contributed by atoms with Crippen LogP contribution in [0.1, 0.15) is 25.7 Å². The molecular formula is C31H28Cl4F2N4O6. The Morgan fingerprint density at radius 2 is 1.26 bits per heavy atom. The Labute approximate surface area is 286 Å². The average Bonchev–Trinajstić information content (AvgIpc) is 3.46. The summed E-state index contributed by atoms with van der Waals surface area (Å²) >= 11 is 24.2. The lowest BCUT2D eigenvalue weighted by Gasteiger charge is -2.17. The number of carbonyl (C=O) groups is 1. The summed E-state index contributed by atoms with van der Waals surface area (Å²) in [5.41, 5.74) is -0.674. The van der Waals surface area contributed by atoms with E-state index in [1.54, 1.807) is 9.36 Å². The molecule has 0 saturated heterocycles. The Morgan fingerprint density at radius 1 is 0.787 bits per heavy atom. The van der Waals surface area contributed by atoms with Gasteiger partial charge in [0, 0.05) is 37.3 Å². The minimum atomic E-state index is -0.705. The van der Waals surface area contributed by atoms with Crippen LogP contribution in [0.2, 0.25) is 20.4 Å². The molecule has 2 aromatic carbocycles. The molecule has 10 nitrogen and oxygen atoms in total. The van der Waals surface area contributed by atoms with Gasteiger partial charge in [-0.1, -0.05) is 59.1 Å². The molecule has 16 heteroatoms. The van der Waals surface area contributed by atoms with E-state index < -0.39 is 24.2 Å². The number of esters is 1. The first-order valence-corrected chi connectivity index (χ1v) is 16.0. The van der Waals surface area contributed by atoms with Crippen molar-refractivity contribution in [2.24, 2.45) is 0 Å². The van der Waals surface area contributed by atoms with Crippen molar-refractivity contribution in [3.63, 3.8) is 0 Å². The molecule has 1 N–H and O–H groups in total. The number of ether oxygens (including phenoxy) is 2. The highest BCUT2D eigenvalue weighted by Gasteiger charge is 2.26. The minimum Gasteiger partial charge on any atom is -0.506 e. The molecule has 2 aromatic heterocycles. The maximum absolute atomic E-state index is 14.5. The number of aromatic hydroxyl groups is 1. The van der Waals surface area contributed by atoms with Crippen molar-refractivity contribution in [2.75, 3.05) is 13.2 Å². The van der Waals surface area contributed by atoms with Gasteiger partial charge in [-0.25, -0.2) is 22.9 Å². The number of aromatic nitrogens is 4. The van der Waals surface area contributed by atoms with Crippen LogP contribution in [0.3, 0.4) is 0 Å². The molecule has 0 unspecified atom stereocenters. The Balaban J connectivity index is 0.000000193. The second-order valence-electron chi connectivity index (χ2n) is 10.7. The zero-order valence-electron chi connectivity index (χ0n) is 24.7. The van der Waals surface area contributed by atoms with Gasteiger partial charge in [0.05, 0.1) is 21.2 Å². The maximum atomic E-state index is 14.5. The molecule has 47 heavy (non-hydrogen) atoms. The molecular weight excluding hydrogens is 704 g/mol. The average molecular weight is 732 g/mol. The zero-order valence-corrected chi connectivity index (χ0v) is 27.7. The monoisotopic (exact) mass is 730 g/mol. The van der Waals surface area contributed by atoms with Crippen molar-refractivity contribution < 1.29 is 28.2 Å². The number of rotatable bonds is 7. The van der Waals surface area contributed by atoms with Crippen molar-refractivity contribution >= 4 is 52.4 Å². The van der Waals surface area contributed by atoms with Crippen LogP contribution in [0.4, 0.5) is 8.78 Å². The van der Waals surface area contributed by atoms with E-state index in [-0.39, 0.29) is 71.8 Å². The van der Waals surface area contributed by atoms with Crippen LogP contribution in [0.25, 0.3) is 22.3 Å². The van der Waals surface area contributed by atoms with Gasteiger partial charge in [0.2, 0.25) is 0 Å². The first-order valence-electron chi connectivity index (χ1n) is 14.5. The van der Waals surface area contributed by atoms with E-state index in [4.69, 9.17) is 55.9 Å². The summed E-state index contributed by atoms with van der Waals surface area (Å²) in [5.74, 6) is -2.25. The molecule has 6 rings (SSSR count). The molecule has 4 heterocycles. The summed E-state index contributed by atoms with van der Waals surface area (Å²) in [4.78, 5) is 36.6. The van der Waals surface area contributed by atoms with Gasteiger partial charge in [0.1, 0.15) is 40.0 Å². The van der Waals surface area contributed by atoms with Crippen LogP contribution in [-0.2, 0) is 35.7 Å². The van der Waals surface area contributed by atoms with Gasteiger partial charge in [-0.3, -0.25) is 19.0 Å². The van der Waals surface area contributed by atoms with E-state index in [2.05, 4.69) is 6.58 Å². The standard InChI is InChI=1S/C18H17Cl2FN2O4.C13H11Cl2FN2O2/c1-2-7-26-15(24)10-27-14-8-11(13(21)9-12(14)19)16-17(20)22-5-3-4-6-23(22)18(16)25;14-8-6-9(16)7(5-10(8)19)11-12(15)17-3-1-2-4-18(17)13(11)20/h2,8-9H,1,3-7,10H2;5-6,19H,1-4H2. The van der Waals surface area contributed by atoms with E-state index in [9.17, 15) is 28.3 Å². The van der Waals surface area contributed by atoms with E-state index in [1.165, 1.54) is 21.5 Å². The predicted molar refractivity (Wildman–Crippen MR) is 175 cm³/mol. The number of hydrogen-bond donors (Lipinski definition) is 1. The SMILES string of the molecule is C=CCOC(=O)COc1cc(-c2c(Cl)n3n(c2=O)CCCC3)c(F)cc1Cl.O=c1c(-c2cc(O)c(Cl)cc2F)c(Cl)n2n1CCCC2. The summed E-state index contributed by atoms with van der Waals surface area (Å²) in [6, 6.07) is 4.40. The Morgan fingerprint density at radius 3 is 1.74 bits per heavy atom. The Hall–Kier alpha value is -3.71. The van der Waals surface area contributed by atoms with Gasteiger partial charge >= 0.3 is 5.97 Å². The third kappa shape index (κ3) is 6.96. The number of benzene rings is 2. The second-order valence-corrected chi connectivity index (χ2v) is 12.2. The van der Waals surface area contributed by atoms with Crippen LogP contribution < -0.4 is 15.9 Å². The van der Waals surface area contributed by atoms with Gasteiger partial charge < -0.3 is 14.6 Å². The Kier molecular flexibility index (Phi) is 10.7. The molecule has 0 radical (unpaired) electrons. The van der Waals surface area contributed by atoms with E-state index in [1.807, 2.05) is 0 Å². The van der Waals surface area contributed by atoms with Crippen LogP contribution in [-0.4, -0.2) is 43.0 Å². The van der Waals surface area contributed by atoms with Gasteiger partial charge in [-0.05, 0) is 49.9 Å². The summed E-state index contributed by atoms with van der Waals surface area (Å²) < 4.78 is 45.0. The minimum absolute atomic E-state index is 0.0294. The highest BCUT2D eigenvalue weighted by atomic mass is 35.5. The highest BCUT2D eigenvalue weighted by molar-refractivity contribution is 6.34. The van der Waals surface area contributed by atoms with Crippen LogP contribution >= 0.6 is 46.4 Å². The van der Waals surface area contributed by atoms with Crippen molar-refractivity contribution in [1.29, 1.82) is 0 Å². The molecule has 4 aromatic rings. The first kappa shape index (κ1) is 34.6. The number of carbonyl (C=O) groups excluding carboxylic acids is 1. The van der Waals surface area contributed by atoms with Gasteiger partial charge in [-0.2, -0.15) is 0 Å². The van der Waals surface area contributed by atoms with Gasteiger partial charge in [-0.15, -0.1) is 0 Å². The summed E-state index contributed by atoms with van der Waals surface area (Å²) in [5, 5.41) is 9.83. The van der Waals surface area contributed by atoms with Crippen molar-refractivity contribution in [1.82, 2.24) is 18.7 Å². The van der Waals surface area contributed by atoms with E-state index in [0.717, 1.165) is 43.9 Å². The fourth-order valence-electron chi connectivity index (χ4n) is 5.40. The number of phenolic OH excluding ortho intramolecular Hbond substituents is 1. The summed E-state index contributed by atoms with van der Waals surface area (Å²) in [7, 11) is 0. The van der Waals surface area contributed by atoms with Crippen LogP contribution in [0.5, 0.6) is 11.5 Å². The van der Waals surface area contributed by atoms with Crippen molar-refractivity contribution in [3.05, 3.63) is 89.6 Å². The highest BCUT2D eigenvalue weighted by Crippen LogP contribution is 2.37. The lowest BCUT2D eigenvalue weighted by Crippen LogP contribution is -2.27. The maximum Gasteiger partial charge on any atom is 0.344 e. The molecule has 0 saturated carbocycles. The van der Waals surface area contributed by atoms with Gasteiger partial charge in [0.15, 0.2) is 6.61 Å². The normalized spacial score (nSPS) is 13.7. The van der Waals surface area contributed by atoms with Crippen LogP contribution in [0, 0.1) is 11.6 Å². The third-order valence-corrected chi connectivity index (χ3v) is 9.00. The molecule has 0 amide bonds. The molecule has 250 valence electrons. The zero-order chi connectivity index (χ0) is 34.0. The molecule has 0 aliphatic carbocycles. The number of fused-ring (bicyclic) bond motifs is 2. The fraction of sp³-hybridized carbons (Fsp3) is 0.323. The number of halogens is 6. The van der Waals surface area contributed by atoms with Crippen molar-refractivity contribution in [3.8, 4) is 33.8 Å². The van der Waals surface area contributed by atoms with Crippen molar-refractivity contribution in [2.45, 2.75) is 51.9 Å². The number of hydrogen-bond acceptors (Lipinski definition) is 6. The number of nitrogens with zero attached hydrogens (tertiary/aromatic N) is 4. The van der Waals surface area contributed by atoms with E-state index >= 15 is 0 Å². The van der Waals surface area contributed by atoms with Gasteiger partial charge in [0.25, 0.3) is 11.1 Å². The topological polar surface area (TPSA) is 110 Å². The summed E-state index contributed by atoms with van der Waals surface area (Å²) in [6.07, 6.45) is 4.96. The molecule has 2 aliphatic heterocycles. The first-order chi connectivity index (χ1) is 22.4. The largest absolute Gasteiger partial charge is 0.506 e. The summed E-state index contributed by atoms with van der Waals surface area (Å²) in [6.45, 7) is 5.35. The smallest absolute Gasteiger partial charge is 0.344 e. The predicted octanol–water partition coefficient (Wildman–Crippen LogP) is 6.93. The third-order valence-electron chi connectivity index (χ3n) is 7.63. The number of phenols is 1. The molecule has 0 bridgehead atoms. The fourth-order valence-corrected chi connectivity index (χ4v) is 6.47. The quantitative estimate of drug-likeness (QED) is 0.163. The molecule has 2 aliphatic rings. The molecule has 0 fully saturated rings. The molecule has 0 atom stereocenters. The van der Waals surface area contributed by atoms with E-state index in [0.29, 0.717) is 26.2 Å². The molecule has 0 spiro atoms. The van der Waals surface area contributed by atoms with Crippen LogP contribution in [0.15, 0.2) is 46.5 Å².